The summed E-state index contributed by atoms with van der Waals surface area (Å²) in [6.45, 7) is 1.84. The minimum absolute atomic E-state index is 0.223. The summed E-state index contributed by atoms with van der Waals surface area (Å²) in [5, 5.41) is 0. The number of benzene rings is 1. The second-order valence-electron chi connectivity index (χ2n) is 2.86. The van der Waals surface area contributed by atoms with Gasteiger partial charge in [-0.2, -0.15) is 0 Å². The first-order valence-corrected chi connectivity index (χ1v) is 4.99. The van der Waals surface area contributed by atoms with E-state index in [0.717, 1.165) is 5.56 Å². The van der Waals surface area contributed by atoms with Gasteiger partial charge in [-0.25, -0.2) is 0 Å². The molecule has 3 heteroatoms. The molecule has 13 heavy (non-hydrogen) atoms. The Morgan fingerprint density at radius 1 is 1.38 bits per heavy atom. The summed E-state index contributed by atoms with van der Waals surface area (Å²) in [6.07, 6.45) is 0. The third kappa shape index (κ3) is 2.21. The fraction of sp³-hybridized carbons (Fsp3) is 0.300. The highest BCUT2D eigenvalue weighted by atomic mass is 127. The van der Waals surface area contributed by atoms with Crippen LogP contribution in [0, 0.1) is 0 Å². The van der Waals surface area contributed by atoms with E-state index in [1.165, 1.54) is 7.11 Å². The second kappa shape index (κ2) is 4.09. The topological polar surface area (TPSA) is 26.3 Å². The maximum absolute atomic E-state index is 11.4. The molecule has 0 aliphatic heterocycles. The van der Waals surface area contributed by atoms with E-state index in [1.54, 1.807) is 0 Å². The predicted molar refractivity (Wildman–Crippen MR) is 59.8 cm³/mol. The van der Waals surface area contributed by atoms with Crippen LogP contribution in [0.3, 0.4) is 0 Å². The Morgan fingerprint density at radius 2 is 1.92 bits per heavy atom. The molecule has 1 unspecified atom stereocenters. The molecule has 1 atom stereocenters. The van der Waals surface area contributed by atoms with Crippen molar-refractivity contribution in [3.8, 4) is 0 Å². The van der Waals surface area contributed by atoms with E-state index < -0.39 is 3.42 Å². The number of ether oxygens (including phenoxy) is 1. The van der Waals surface area contributed by atoms with Crippen molar-refractivity contribution in [1.82, 2.24) is 0 Å². The van der Waals surface area contributed by atoms with Gasteiger partial charge in [0.05, 0.1) is 7.11 Å². The normalized spacial score (nSPS) is 14.7. The zero-order valence-electron chi connectivity index (χ0n) is 7.58. The van der Waals surface area contributed by atoms with E-state index in [1.807, 2.05) is 37.3 Å². The van der Waals surface area contributed by atoms with Crippen molar-refractivity contribution < 1.29 is 9.53 Å². The molecule has 70 valence electrons. The monoisotopic (exact) mass is 290 g/mol. The maximum atomic E-state index is 11.4. The van der Waals surface area contributed by atoms with Crippen LogP contribution in [0.15, 0.2) is 30.3 Å². The molecule has 1 rings (SSSR count). The van der Waals surface area contributed by atoms with Gasteiger partial charge >= 0.3 is 5.97 Å². The predicted octanol–water partition coefficient (Wildman–Crippen LogP) is 2.51. The number of alkyl halides is 1. The van der Waals surface area contributed by atoms with E-state index in [-0.39, 0.29) is 5.97 Å². The SMILES string of the molecule is COC(=O)C(C)(I)c1ccccc1. The first kappa shape index (κ1) is 10.5. The summed E-state index contributed by atoms with van der Waals surface area (Å²) < 4.78 is 4.13. The summed E-state index contributed by atoms with van der Waals surface area (Å²) in [5.74, 6) is -0.223. The van der Waals surface area contributed by atoms with Crippen molar-refractivity contribution >= 4 is 28.6 Å². The largest absolute Gasteiger partial charge is 0.468 e. The Kier molecular flexibility index (Phi) is 3.30. The molecule has 0 saturated heterocycles. The lowest BCUT2D eigenvalue weighted by Crippen LogP contribution is -2.26. The van der Waals surface area contributed by atoms with Crippen LogP contribution in [-0.2, 0) is 13.0 Å². The molecule has 1 aromatic carbocycles. The highest BCUT2D eigenvalue weighted by molar-refractivity contribution is 14.1. The maximum Gasteiger partial charge on any atom is 0.326 e. The number of carbonyl (C=O) groups is 1. The summed E-state index contributed by atoms with van der Waals surface area (Å²) in [7, 11) is 1.40. The molecule has 0 aliphatic rings. The van der Waals surface area contributed by atoms with Crippen LogP contribution in [0.25, 0.3) is 0 Å². The van der Waals surface area contributed by atoms with Gasteiger partial charge in [-0.05, 0) is 12.5 Å². The van der Waals surface area contributed by atoms with Crippen molar-refractivity contribution in [2.45, 2.75) is 10.3 Å². The molecule has 0 saturated carbocycles. The van der Waals surface area contributed by atoms with Gasteiger partial charge in [0, 0.05) is 0 Å². The molecule has 0 aromatic heterocycles. The smallest absolute Gasteiger partial charge is 0.326 e. The minimum atomic E-state index is -0.590. The third-order valence-corrected chi connectivity index (χ3v) is 2.95. The van der Waals surface area contributed by atoms with Gasteiger partial charge in [0.1, 0.15) is 3.42 Å². The van der Waals surface area contributed by atoms with E-state index >= 15 is 0 Å². The van der Waals surface area contributed by atoms with Crippen LogP contribution in [0.5, 0.6) is 0 Å². The summed E-state index contributed by atoms with van der Waals surface area (Å²) >= 11 is 2.09. The summed E-state index contributed by atoms with van der Waals surface area (Å²) in [4.78, 5) is 11.4. The standard InChI is InChI=1S/C10H11IO2/c1-10(11,9(12)13-2)8-6-4-3-5-7-8/h3-7H,1-2H3. The van der Waals surface area contributed by atoms with Crippen LogP contribution >= 0.6 is 22.6 Å². The molecule has 0 radical (unpaired) electrons. The molecule has 0 N–H and O–H groups in total. The molecule has 0 heterocycles. The van der Waals surface area contributed by atoms with Crippen LogP contribution in [0.4, 0.5) is 0 Å². The van der Waals surface area contributed by atoms with Crippen LogP contribution in [0.2, 0.25) is 0 Å². The number of hydrogen-bond donors (Lipinski definition) is 0. The fourth-order valence-corrected chi connectivity index (χ4v) is 1.64. The number of methoxy groups -OCH3 is 1. The zero-order chi connectivity index (χ0) is 9.90. The lowest BCUT2D eigenvalue weighted by Gasteiger charge is -2.19. The van der Waals surface area contributed by atoms with Crippen molar-refractivity contribution in [2.24, 2.45) is 0 Å². The first-order valence-electron chi connectivity index (χ1n) is 3.92. The highest BCUT2D eigenvalue weighted by Crippen LogP contribution is 2.32. The van der Waals surface area contributed by atoms with Crippen molar-refractivity contribution in [1.29, 1.82) is 0 Å². The molecule has 0 amide bonds. The van der Waals surface area contributed by atoms with Gasteiger partial charge < -0.3 is 4.74 Å². The van der Waals surface area contributed by atoms with Crippen LogP contribution in [-0.4, -0.2) is 13.1 Å². The van der Waals surface area contributed by atoms with Crippen LogP contribution < -0.4 is 0 Å². The van der Waals surface area contributed by atoms with E-state index in [4.69, 9.17) is 4.74 Å². The quantitative estimate of drug-likeness (QED) is 0.475. The van der Waals surface area contributed by atoms with E-state index in [2.05, 4.69) is 22.6 Å². The summed E-state index contributed by atoms with van der Waals surface area (Å²) in [6, 6.07) is 9.59. The molecular formula is C10H11IO2. The number of carbonyl (C=O) groups excluding carboxylic acids is 1. The summed E-state index contributed by atoms with van der Waals surface area (Å²) in [5.41, 5.74) is 0.961. The molecule has 0 bridgehead atoms. The molecule has 1 aromatic rings. The van der Waals surface area contributed by atoms with Crippen molar-refractivity contribution in [3.63, 3.8) is 0 Å². The Bertz CT molecular complexity index is 293. The molecule has 0 aliphatic carbocycles. The highest BCUT2D eigenvalue weighted by Gasteiger charge is 2.32. The number of halogens is 1. The lowest BCUT2D eigenvalue weighted by molar-refractivity contribution is -0.142. The van der Waals surface area contributed by atoms with Gasteiger partial charge in [0.15, 0.2) is 0 Å². The van der Waals surface area contributed by atoms with Gasteiger partial charge in [0.2, 0.25) is 0 Å². The Morgan fingerprint density at radius 3 is 2.38 bits per heavy atom. The lowest BCUT2D eigenvalue weighted by atomic mass is 10.0. The van der Waals surface area contributed by atoms with E-state index in [0.29, 0.717) is 0 Å². The first-order chi connectivity index (χ1) is 6.09. The van der Waals surface area contributed by atoms with Gasteiger partial charge in [-0.1, -0.05) is 52.9 Å². The van der Waals surface area contributed by atoms with Gasteiger partial charge in [-0.15, -0.1) is 0 Å². The van der Waals surface area contributed by atoms with Gasteiger partial charge in [-0.3, -0.25) is 4.79 Å². The Balaban J connectivity index is 3.00. The van der Waals surface area contributed by atoms with E-state index in [9.17, 15) is 4.79 Å². The average Bonchev–Trinajstić information content (AvgIpc) is 2.18. The van der Waals surface area contributed by atoms with Crippen molar-refractivity contribution in [2.75, 3.05) is 7.11 Å². The third-order valence-electron chi connectivity index (χ3n) is 1.88. The molecule has 0 spiro atoms. The Hall–Kier alpha value is -0.580. The minimum Gasteiger partial charge on any atom is -0.468 e. The molecular weight excluding hydrogens is 279 g/mol. The van der Waals surface area contributed by atoms with Crippen LogP contribution in [0.1, 0.15) is 12.5 Å². The van der Waals surface area contributed by atoms with Crippen molar-refractivity contribution in [3.05, 3.63) is 35.9 Å². The van der Waals surface area contributed by atoms with Gasteiger partial charge in [0.25, 0.3) is 0 Å². The average molecular weight is 290 g/mol. The number of esters is 1. The second-order valence-corrected chi connectivity index (χ2v) is 5.02. The Labute approximate surface area is 91.4 Å². The molecule has 0 fully saturated rings. The fourth-order valence-electron chi connectivity index (χ4n) is 1.06. The number of rotatable bonds is 2. The zero-order valence-corrected chi connectivity index (χ0v) is 9.74. The number of hydrogen-bond acceptors (Lipinski definition) is 2. The molecule has 2 nitrogen and oxygen atoms in total.